The van der Waals surface area contributed by atoms with E-state index >= 15 is 0 Å². The van der Waals surface area contributed by atoms with E-state index in [9.17, 15) is 9.90 Å². The number of aromatic nitrogens is 3. The van der Waals surface area contributed by atoms with E-state index in [2.05, 4.69) is 38.6 Å². The lowest BCUT2D eigenvalue weighted by Crippen LogP contribution is -2.29. The Balaban J connectivity index is 0.00000241. The molecule has 4 heterocycles. The van der Waals surface area contributed by atoms with E-state index in [0.717, 1.165) is 74.1 Å². The van der Waals surface area contributed by atoms with Crippen molar-refractivity contribution in [3.05, 3.63) is 47.8 Å². The number of β-amino-alcohol motifs (C(OH)–C–C–N with tert-alkyl or cyclic N) is 1. The highest BCUT2D eigenvalue weighted by molar-refractivity contribution is 6.04. The SMILES string of the molecule is Cl.O=C(Nc1cc2cn(C3CCNCC3)nc2cc1C1CC1)c1cccc(N2CCC(O)C2)n1. The number of nitrogens with zero attached hydrogens (tertiary/aromatic N) is 4. The fraction of sp³-hybridized carbons (Fsp3) is 0.480. The van der Waals surface area contributed by atoms with Crippen molar-refractivity contribution < 1.29 is 9.90 Å². The molecule has 3 aromatic rings. The summed E-state index contributed by atoms with van der Waals surface area (Å²) in [4.78, 5) is 19.8. The molecule has 0 spiro atoms. The third-order valence-electron chi connectivity index (χ3n) is 7.10. The van der Waals surface area contributed by atoms with Gasteiger partial charge in [0.15, 0.2) is 0 Å². The maximum absolute atomic E-state index is 13.2. The van der Waals surface area contributed by atoms with E-state index in [-0.39, 0.29) is 24.4 Å². The first-order valence-corrected chi connectivity index (χ1v) is 12.1. The zero-order valence-corrected chi connectivity index (χ0v) is 19.9. The largest absolute Gasteiger partial charge is 0.391 e. The zero-order chi connectivity index (χ0) is 22.4. The van der Waals surface area contributed by atoms with Crippen molar-refractivity contribution in [1.82, 2.24) is 20.1 Å². The number of aliphatic hydroxyl groups is 1. The van der Waals surface area contributed by atoms with Gasteiger partial charge in [0.05, 0.1) is 17.7 Å². The predicted octanol–water partition coefficient (Wildman–Crippen LogP) is 3.48. The third kappa shape index (κ3) is 4.62. The number of pyridine rings is 1. The Kier molecular flexibility index (Phi) is 6.46. The molecule has 9 heteroatoms. The highest BCUT2D eigenvalue weighted by Crippen LogP contribution is 2.45. The summed E-state index contributed by atoms with van der Waals surface area (Å²) in [5.41, 5.74) is 3.43. The number of amides is 1. The molecule has 2 saturated heterocycles. The molecule has 3 N–H and O–H groups in total. The molecule has 8 nitrogen and oxygen atoms in total. The zero-order valence-electron chi connectivity index (χ0n) is 19.1. The van der Waals surface area contributed by atoms with Crippen LogP contribution in [0, 0.1) is 0 Å². The molecule has 34 heavy (non-hydrogen) atoms. The number of halogens is 1. The number of benzene rings is 1. The lowest BCUT2D eigenvalue weighted by Gasteiger charge is -2.22. The Morgan fingerprint density at radius 1 is 1.12 bits per heavy atom. The van der Waals surface area contributed by atoms with Gasteiger partial charge < -0.3 is 20.6 Å². The minimum Gasteiger partial charge on any atom is -0.391 e. The van der Waals surface area contributed by atoms with Crippen molar-refractivity contribution in [3.8, 4) is 0 Å². The van der Waals surface area contributed by atoms with Crippen LogP contribution in [0.15, 0.2) is 36.5 Å². The molecule has 1 atom stereocenters. The second-order valence-corrected chi connectivity index (χ2v) is 9.59. The smallest absolute Gasteiger partial charge is 0.274 e. The molecule has 1 amide bonds. The summed E-state index contributed by atoms with van der Waals surface area (Å²) >= 11 is 0. The first-order valence-electron chi connectivity index (χ1n) is 12.1. The summed E-state index contributed by atoms with van der Waals surface area (Å²) in [6.07, 6.45) is 6.99. The number of piperidine rings is 1. The van der Waals surface area contributed by atoms with Crippen LogP contribution in [0.5, 0.6) is 0 Å². The number of hydrogen-bond acceptors (Lipinski definition) is 6. The summed E-state index contributed by atoms with van der Waals surface area (Å²) in [6, 6.07) is 10.2. The van der Waals surface area contributed by atoms with E-state index in [1.54, 1.807) is 6.07 Å². The monoisotopic (exact) mass is 482 g/mol. The van der Waals surface area contributed by atoms with Gasteiger partial charge in [0, 0.05) is 30.4 Å². The maximum Gasteiger partial charge on any atom is 0.274 e. The van der Waals surface area contributed by atoms with Gasteiger partial charge in [0.1, 0.15) is 11.5 Å². The van der Waals surface area contributed by atoms with Crippen LogP contribution in [0.25, 0.3) is 10.9 Å². The Morgan fingerprint density at radius 2 is 1.94 bits per heavy atom. The van der Waals surface area contributed by atoms with Crippen LogP contribution >= 0.6 is 12.4 Å². The van der Waals surface area contributed by atoms with E-state index in [1.165, 1.54) is 5.56 Å². The minimum atomic E-state index is -0.331. The lowest BCUT2D eigenvalue weighted by molar-refractivity contribution is 0.102. The van der Waals surface area contributed by atoms with E-state index in [1.807, 2.05) is 17.0 Å². The molecule has 0 radical (unpaired) electrons. The maximum atomic E-state index is 13.2. The summed E-state index contributed by atoms with van der Waals surface area (Å²) in [6.45, 7) is 3.36. The van der Waals surface area contributed by atoms with Crippen LogP contribution in [-0.2, 0) is 0 Å². The molecule has 1 aromatic carbocycles. The van der Waals surface area contributed by atoms with Crippen molar-refractivity contribution in [2.75, 3.05) is 36.4 Å². The number of aliphatic hydroxyl groups excluding tert-OH is 1. The van der Waals surface area contributed by atoms with Crippen LogP contribution < -0.4 is 15.5 Å². The number of carbonyl (C=O) groups excluding carboxylic acids is 1. The fourth-order valence-electron chi connectivity index (χ4n) is 5.07. The van der Waals surface area contributed by atoms with Crippen molar-refractivity contribution in [3.63, 3.8) is 0 Å². The summed E-state index contributed by atoms with van der Waals surface area (Å²) in [7, 11) is 0. The second-order valence-electron chi connectivity index (χ2n) is 9.59. The molecule has 0 bridgehead atoms. The van der Waals surface area contributed by atoms with Gasteiger partial charge in [0.2, 0.25) is 0 Å². The Hall–Kier alpha value is -2.68. The highest BCUT2D eigenvalue weighted by atomic mass is 35.5. The molecule has 2 aromatic heterocycles. The molecule has 6 rings (SSSR count). The molecule has 3 aliphatic rings. The molecule has 1 unspecified atom stereocenters. The molecular formula is C25H31ClN6O2. The second kappa shape index (κ2) is 9.52. The van der Waals surface area contributed by atoms with Crippen LogP contribution in [0.1, 0.15) is 60.1 Å². The van der Waals surface area contributed by atoms with E-state index < -0.39 is 0 Å². The third-order valence-corrected chi connectivity index (χ3v) is 7.10. The van der Waals surface area contributed by atoms with Crippen molar-refractivity contribution in [1.29, 1.82) is 0 Å². The van der Waals surface area contributed by atoms with Gasteiger partial charge in [0.25, 0.3) is 5.91 Å². The van der Waals surface area contributed by atoms with Crippen molar-refractivity contribution >= 4 is 40.7 Å². The average molecular weight is 483 g/mol. The number of anilines is 2. The van der Waals surface area contributed by atoms with E-state index in [0.29, 0.717) is 24.2 Å². The predicted molar refractivity (Wildman–Crippen MR) is 135 cm³/mol. The number of rotatable bonds is 5. The number of carbonyl (C=O) groups is 1. The number of hydrogen-bond donors (Lipinski definition) is 3. The minimum absolute atomic E-state index is 0. The Bertz CT molecular complexity index is 1190. The molecular weight excluding hydrogens is 452 g/mol. The number of nitrogens with one attached hydrogen (secondary N) is 2. The van der Waals surface area contributed by atoms with Gasteiger partial charge in [-0.25, -0.2) is 4.98 Å². The first-order chi connectivity index (χ1) is 16.1. The average Bonchev–Trinajstić information content (AvgIpc) is 3.46. The fourth-order valence-corrected chi connectivity index (χ4v) is 5.07. The first kappa shape index (κ1) is 23.1. The van der Waals surface area contributed by atoms with Crippen LogP contribution in [0.2, 0.25) is 0 Å². The topological polar surface area (TPSA) is 95.3 Å². The molecule has 180 valence electrons. The van der Waals surface area contributed by atoms with Crippen LogP contribution in [-0.4, -0.2) is 58.1 Å². The van der Waals surface area contributed by atoms with Gasteiger partial charge in [-0.15, -0.1) is 12.4 Å². The Labute approximate surface area is 205 Å². The van der Waals surface area contributed by atoms with E-state index in [4.69, 9.17) is 5.10 Å². The van der Waals surface area contributed by atoms with Gasteiger partial charge in [-0.05, 0) is 80.9 Å². The van der Waals surface area contributed by atoms with Crippen LogP contribution in [0.4, 0.5) is 11.5 Å². The van der Waals surface area contributed by atoms with Crippen LogP contribution in [0.3, 0.4) is 0 Å². The summed E-state index contributed by atoms with van der Waals surface area (Å²) in [5, 5.41) is 22.3. The standard InChI is InChI=1S/C25H30N6O2.ClH/c32-19-8-11-30(15-19)24-3-1-2-21(27-24)25(33)28-23-12-17-14-31(18-6-9-26-10-7-18)29-22(17)13-20(23)16-4-5-16;/h1-3,12-14,16,18-19,26,32H,4-11,15H2,(H,28,33);1H. The van der Waals surface area contributed by atoms with Crippen molar-refractivity contribution in [2.45, 2.75) is 50.2 Å². The molecule has 3 fully saturated rings. The summed E-state index contributed by atoms with van der Waals surface area (Å²) in [5.74, 6) is 1.02. The quantitative estimate of drug-likeness (QED) is 0.515. The molecule has 1 saturated carbocycles. The summed E-state index contributed by atoms with van der Waals surface area (Å²) < 4.78 is 2.11. The number of fused-ring (bicyclic) bond motifs is 1. The van der Waals surface area contributed by atoms with Crippen molar-refractivity contribution in [2.24, 2.45) is 0 Å². The Morgan fingerprint density at radius 3 is 2.68 bits per heavy atom. The molecule has 2 aliphatic heterocycles. The normalized spacial score (nSPS) is 21.0. The van der Waals surface area contributed by atoms with Gasteiger partial charge in [-0.2, -0.15) is 5.10 Å². The van der Waals surface area contributed by atoms with Gasteiger partial charge in [-0.1, -0.05) is 6.07 Å². The van der Waals surface area contributed by atoms with Gasteiger partial charge in [-0.3, -0.25) is 9.48 Å². The lowest BCUT2D eigenvalue weighted by atomic mass is 10.1. The molecule has 1 aliphatic carbocycles. The highest BCUT2D eigenvalue weighted by Gasteiger charge is 2.28. The van der Waals surface area contributed by atoms with Gasteiger partial charge >= 0.3 is 0 Å².